The molecule has 8 aromatic rings. The van der Waals surface area contributed by atoms with Crippen molar-refractivity contribution in [3.63, 3.8) is 0 Å². The molecule has 202 valence electrons. The summed E-state index contributed by atoms with van der Waals surface area (Å²) in [4.78, 5) is 2.41. The summed E-state index contributed by atoms with van der Waals surface area (Å²) in [5, 5.41) is 7.55. The van der Waals surface area contributed by atoms with Gasteiger partial charge in [0.15, 0.2) is 0 Å². The number of anilines is 3. The Hall–Kier alpha value is -5.66. The third-order valence-electron chi connectivity index (χ3n) is 8.43. The van der Waals surface area contributed by atoms with Crippen molar-refractivity contribution in [3.8, 4) is 22.3 Å². The Balaban J connectivity index is 1.38. The Morgan fingerprint density at radius 1 is 0.302 bits per heavy atom. The third-order valence-corrected chi connectivity index (χ3v) is 8.43. The highest BCUT2D eigenvalue weighted by atomic mass is 15.1. The van der Waals surface area contributed by atoms with Crippen molar-refractivity contribution in [2.75, 3.05) is 4.90 Å². The Morgan fingerprint density at radius 2 is 0.884 bits per heavy atom. The normalized spacial score (nSPS) is 11.3. The van der Waals surface area contributed by atoms with E-state index in [9.17, 15) is 0 Å². The molecule has 0 aliphatic carbocycles. The SMILES string of the molecule is c1ccc(-c2ccc(N(c3cccc(-c4ccccc4)c3)c3cccc4ccc5c6ccccc6ccc5c34)cc2)cc1. The van der Waals surface area contributed by atoms with Gasteiger partial charge in [0.25, 0.3) is 0 Å². The topological polar surface area (TPSA) is 3.24 Å². The Kier molecular flexibility index (Phi) is 6.20. The van der Waals surface area contributed by atoms with Crippen LogP contribution in [0.2, 0.25) is 0 Å². The van der Waals surface area contributed by atoms with Gasteiger partial charge < -0.3 is 4.90 Å². The maximum Gasteiger partial charge on any atom is 0.0546 e. The van der Waals surface area contributed by atoms with E-state index in [2.05, 4.69) is 181 Å². The van der Waals surface area contributed by atoms with Crippen LogP contribution in [-0.2, 0) is 0 Å². The fourth-order valence-corrected chi connectivity index (χ4v) is 6.36. The molecule has 0 spiro atoms. The van der Waals surface area contributed by atoms with Crippen molar-refractivity contribution in [1.29, 1.82) is 0 Å². The number of hydrogen-bond donors (Lipinski definition) is 0. The van der Waals surface area contributed by atoms with Crippen molar-refractivity contribution in [2.24, 2.45) is 0 Å². The molecule has 0 heterocycles. The van der Waals surface area contributed by atoms with Gasteiger partial charge in [-0.25, -0.2) is 0 Å². The van der Waals surface area contributed by atoms with Crippen LogP contribution in [0.1, 0.15) is 0 Å². The van der Waals surface area contributed by atoms with Crippen LogP contribution in [0.15, 0.2) is 176 Å². The highest BCUT2D eigenvalue weighted by Gasteiger charge is 2.18. The van der Waals surface area contributed by atoms with Crippen molar-refractivity contribution in [3.05, 3.63) is 176 Å². The van der Waals surface area contributed by atoms with E-state index in [0.29, 0.717) is 0 Å². The molecule has 0 fully saturated rings. The van der Waals surface area contributed by atoms with Crippen LogP contribution in [0.5, 0.6) is 0 Å². The van der Waals surface area contributed by atoms with E-state index < -0.39 is 0 Å². The maximum atomic E-state index is 2.41. The smallest absolute Gasteiger partial charge is 0.0546 e. The molecule has 0 atom stereocenters. The molecule has 0 bridgehead atoms. The second kappa shape index (κ2) is 10.6. The Bertz CT molecular complexity index is 2220. The van der Waals surface area contributed by atoms with Gasteiger partial charge >= 0.3 is 0 Å². The average molecular weight is 548 g/mol. The van der Waals surface area contributed by atoms with Gasteiger partial charge in [-0.15, -0.1) is 0 Å². The quantitative estimate of drug-likeness (QED) is 0.194. The average Bonchev–Trinajstić information content (AvgIpc) is 3.09. The first-order chi connectivity index (χ1) is 21.3. The zero-order valence-electron chi connectivity index (χ0n) is 23.7. The van der Waals surface area contributed by atoms with Gasteiger partial charge in [0.05, 0.1) is 5.69 Å². The van der Waals surface area contributed by atoms with E-state index in [1.54, 1.807) is 0 Å². The molecule has 8 aromatic carbocycles. The molecule has 0 radical (unpaired) electrons. The highest BCUT2D eigenvalue weighted by Crippen LogP contribution is 2.43. The predicted octanol–water partition coefficient (Wildman–Crippen LogP) is 11.9. The van der Waals surface area contributed by atoms with Gasteiger partial charge in [0, 0.05) is 16.8 Å². The van der Waals surface area contributed by atoms with Crippen LogP contribution < -0.4 is 4.90 Å². The van der Waals surface area contributed by atoms with Gasteiger partial charge in [-0.3, -0.25) is 0 Å². The molecular weight excluding hydrogens is 518 g/mol. The van der Waals surface area contributed by atoms with Crippen LogP contribution in [0.25, 0.3) is 54.6 Å². The van der Waals surface area contributed by atoms with E-state index in [0.717, 1.165) is 17.1 Å². The molecule has 0 unspecified atom stereocenters. The first-order valence-corrected chi connectivity index (χ1v) is 14.8. The van der Waals surface area contributed by atoms with E-state index in [1.165, 1.54) is 54.6 Å². The van der Waals surface area contributed by atoms with Crippen molar-refractivity contribution in [1.82, 2.24) is 0 Å². The second-order valence-electron chi connectivity index (χ2n) is 11.0. The third kappa shape index (κ3) is 4.52. The number of fused-ring (bicyclic) bond motifs is 5. The number of benzene rings is 8. The minimum absolute atomic E-state index is 1.12. The Labute approximate surface area is 251 Å². The van der Waals surface area contributed by atoms with Crippen molar-refractivity contribution in [2.45, 2.75) is 0 Å². The van der Waals surface area contributed by atoms with Gasteiger partial charge in [0.2, 0.25) is 0 Å². The summed E-state index contributed by atoms with van der Waals surface area (Å²) in [7, 11) is 0. The predicted molar refractivity (Wildman–Crippen MR) is 185 cm³/mol. The van der Waals surface area contributed by atoms with E-state index in [4.69, 9.17) is 0 Å². The molecule has 0 saturated carbocycles. The summed E-state index contributed by atoms with van der Waals surface area (Å²) < 4.78 is 0. The molecular formula is C42H29N. The lowest BCUT2D eigenvalue weighted by atomic mass is 9.95. The van der Waals surface area contributed by atoms with Gasteiger partial charge in [-0.05, 0) is 79.5 Å². The van der Waals surface area contributed by atoms with Crippen LogP contribution in [0.3, 0.4) is 0 Å². The molecule has 0 aliphatic heterocycles. The van der Waals surface area contributed by atoms with Crippen LogP contribution in [0, 0.1) is 0 Å². The molecule has 43 heavy (non-hydrogen) atoms. The summed E-state index contributed by atoms with van der Waals surface area (Å²) in [5.41, 5.74) is 8.23. The monoisotopic (exact) mass is 547 g/mol. The maximum absolute atomic E-state index is 2.41. The Morgan fingerprint density at radius 3 is 1.67 bits per heavy atom. The van der Waals surface area contributed by atoms with Crippen LogP contribution in [0.4, 0.5) is 17.1 Å². The zero-order chi connectivity index (χ0) is 28.6. The fraction of sp³-hybridized carbons (Fsp3) is 0. The minimum Gasteiger partial charge on any atom is -0.310 e. The summed E-state index contributed by atoms with van der Waals surface area (Å²) in [6.45, 7) is 0. The van der Waals surface area contributed by atoms with E-state index in [-0.39, 0.29) is 0 Å². The van der Waals surface area contributed by atoms with Gasteiger partial charge in [-0.2, -0.15) is 0 Å². The highest BCUT2D eigenvalue weighted by molar-refractivity contribution is 6.21. The lowest BCUT2D eigenvalue weighted by Crippen LogP contribution is -2.10. The summed E-state index contributed by atoms with van der Waals surface area (Å²) >= 11 is 0. The zero-order valence-corrected chi connectivity index (χ0v) is 23.7. The number of rotatable bonds is 5. The van der Waals surface area contributed by atoms with Gasteiger partial charge in [-0.1, -0.05) is 146 Å². The molecule has 1 heteroatoms. The second-order valence-corrected chi connectivity index (χ2v) is 11.0. The molecule has 0 aromatic heterocycles. The molecule has 0 amide bonds. The molecule has 1 nitrogen and oxygen atoms in total. The lowest BCUT2D eigenvalue weighted by Gasteiger charge is -2.28. The van der Waals surface area contributed by atoms with Crippen LogP contribution >= 0.6 is 0 Å². The standard InChI is InChI=1S/C42H29N/c1-3-11-30(12-4-1)32-21-25-36(26-22-32)43(37-18-9-17-35(29-37)31-13-5-2-6-14-31)41-20-10-16-34-24-27-39-38-19-8-7-15-33(38)23-28-40(39)42(34)41/h1-29H. The minimum atomic E-state index is 1.12. The number of nitrogens with zero attached hydrogens (tertiary/aromatic N) is 1. The first-order valence-electron chi connectivity index (χ1n) is 14.8. The summed E-state index contributed by atoms with van der Waals surface area (Å²) in [5.74, 6) is 0. The van der Waals surface area contributed by atoms with Crippen molar-refractivity contribution >= 4 is 49.4 Å². The molecule has 0 saturated heterocycles. The fourth-order valence-electron chi connectivity index (χ4n) is 6.36. The summed E-state index contributed by atoms with van der Waals surface area (Å²) in [6, 6.07) is 63.5. The molecule has 0 N–H and O–H groups in total. The number of hydrogen-bond acceptors (Lipinski definition) is 1. The van der Waals surface area contributed by atoms with E-state index in [1.807, 2.05) is 0 Å². The summed E-state index contributed by atoms with van der Waals surface area (Å²) in [6.07, 6.45) is 0. The molecule has 0 aliphatic rings. The van der Waals surface area contributed by atoms with Crippen molar-refractivity contribution < 1.29 is 0 Å². The van der Waals surface area contributed by atoms with Crippen LogP contribution in [-0.4, -0.2) is 0 Å². The molecule has 8 rings (SSSR count). The first kappa shape index (κ1) is 25.1. The van der Waals surface area contributed by atoms with E-state index >= 15 is 0 Å². The lowest BCUT2D eigenvalue weighted by molar-refractivity contribution is 1.30. The van der Waals surface area contributed by atoms with Gasteiger partial charge in [0.1, 0.15) is 0 Å². The largest absolute Gasteiger partial charge is 0.310 e.